The highest BCUT2D eigenvalue weighted by molar-refractivity contribution is 9.10. The Labute approximate surface area is 130 Å². The number of nitrogens with two attached hydrogens (primary N) is 1. The van der Waals surface area contributed by atoms with E-state index < -0.39 is 0 Å². The number of aliphatic hydroxyl groups excluding tert-OH is 1. The quantitative estimate of drug-likeness (QED) is 0.770. The van der Waals surface area contributed by atoms with Crippen LogP contribution in [0.25, 0.3) is 10.1 Å². The third kappa shape index (κ3) is 3.13. The van der Waals surface area contributed by atoms with Crippen LogP contribution >= 0.6 is 27.3 Å². The van der Waals surface area contributed by atoms with E-state index in [1.54, 1.807) is 0 Å². The number of anilines is 1. The Morgan fingerprint density at radius 2 is 2.30 bits per heavy atom. The number of nitrogens with one attached hydrogen (secondary N) is 1. The molecule has 0 saturated heterocycles. The van der Waals surface area contributed by atoms with Crippen LogP contribution in [0.1, 0.15) is 29.4 Å². The Morgan fingerprint density at radius 1 is 1.55 bits per heavy atom. The average molecular weight is 357 g/mol. The topological polar surface area (TPSA) is 75.3 Å². The molecule has 108 valence electrons. The first-order valence-corrected chi connectivity index (χ1v) is 8.03. The smallest absolute Gasteiger partial charge is 0.263 e. The molecule has 0 fully saturated rings. The van der Waals surface area contributed by atoms with Crippen LogP contribution in [0, 0.1) is 0 Å². The molecule has 6 heteroatoms. The van der Waals surface area contributed by atoms with Gasteiger partial charge in [0.2, 0.25) is 0 Å². The minimum atomic E-state index is -0.152. The van der Waals surface area contributed by atoms with Gasteiger partial charge in [0, 0.05) is 27.2 Å². The SMILES string of the molecule is CC(CCCO)NC(=O)c1sc2cccc(Br)c2c1N. The standard InChI is InChI=1S/C14H17BrN2O2S/c1-8(4-3-7-18)17-14(19)13-12(16)11-9(15)5-2-6-10(11)20-13/h2,5-6,8,18H,3-4,7,16H2,1H3,(H,17,19). The Hall–Kier alpha value is -1.11. The lowest BCUT2D eigenvalue weighted by Gasteiger charge is -2.12. The van der Waals surface area contributed by atoms with Crippen molar-refractivity contribution in [1.82, 2.24) is 5.32 Å². The first-order chi connectivity index (χ1) is 9.54. The number of fused-ring (bicyclic) bond motifs is 1. The molecule has 4 nitrogen and oxygen atoms in total. The van der Waals surface area contributed by atoms with Gasteiger partial charge in [0.1, 0.15) is 4.88 Å². The van der Waals surface area contributed by atoms with Crippen molar-refractivity contribution in [2.24, 2.45) is 0 Å². The van der Waals surface area contributed by atoms with Crippen molar-refractivity contribution < 1.29 is 9.90 Å². The minimum Gasteiger partial charge on any atom is -0.397 e. The average Bonchev–Trinajstić information content (AvgIpc) is 2.75. The highest BCUT2D eigenvalue weighted by Crippen LogP contribution is 2.38. The van der Waals surface area contributed by atoms with Crippen molar-refractivity contribution >= 4 is 48.9 Å². The number of halogens is 1. The highest BCUT2D eigenvalue weighted by atomic mass is 79.9. The Kier molecular flexibility index (Phi) is 5.01. The summed E-state index contributed by atoms with van der Waals surface area (Å²) in [4.78, 5) is 12.8. The zero-order chi connectivity index (χ0) is 14.7. The lowest BCUT2D eigenvalue weighted by atomic mass is 10.2. The molecule has 1 amide bonds. The van der Waals surface area contributed by atoms with Gasteiger partial charge in [-0.25, -0.2) is 0 Å². The monoisotopic (exact) mass is 356 g/mol. The van der Waals surface area contributed by atoms with E-state index in [-0.39, 0.29) is 18.6 Å². The minimum absolute atomic E-state index is 0.0164. The van der Waals surface area contributed by atoms with E-state index in [1.807, 2.05) is 25.1 Å². The molecule has 1 unspecified atom stereocenters. The molecule has 0 radical (unpaired) electrons. The number of carbonyl (C=O) groups excluding carboxylic acids is 1. The van der Waals surface area contributed by atoms with Gasteiger partial charge in [-0.05, 0) is 31.9 Å². The number of rotatable bonds is 5. The normalized spacial score (nSPS) is 12.6. The highest BCUT2D eigenvalue weighted by Gasteiger charge is 2.19. The molecule has 0 aliphatic carbocycles. The lowest BCUT2D eigenvalue weighted by molar-refractivity contribution is 0.0941. The van der Waals surface area contributed by atoms with Crippen LogP contribution in [-0.2, 0) is 0 Å². The number of amides is 1. The molecule has 0 bridgehead atoms. The van der Waals surface area contributed by atoms with E-state index in [2.05, 4.69) is 21.2 Å². The van der Waals surface area contributed by atoms with Crippen molar-refractivity contribution in [2.75, 3.05) is 12.3 Å². The summed E-state index contributed by atoms with van der Waals surface area (Å²) in [6.07, 6.45) is 1.42. The predicted molar refractivity (Wildman–Crippen MR) is 87.2 cm³/mol. The van der Waals surface area contributed by atoms with Crippen LogP contribution in [-0.4, -0.2) is 23.7 Å². The summed E-state index contributed by atoms with van der Waals surface area (Å²) in [5.74, 6) is -0.152. The molecule has 2 aromatic rings. The second kappa shape index (κ2) is 6.56. The molecule has 1 atom stereocenters. The molecule has 1 aromatic carbocycles. The summed E-state index contributed by atoms with van der Waals surface area (Å²) in [6, 6.07) is 5.81. The zero-order valence-electron chi connectivity index (χ0n) is 11.1. The van der Waals surface area contributed by atoms with Gasteiger partial charge in [-0.3, -0.25) is 4.79 Å². The zero-order valence-corrected chi connectivity index (χ0v) is 13.6. The molecular weight excluding hydrogens is 340 g/mol. The molecule has 0 spiro atoms. The van der Waals surface area contributed by atoms with Gasteiger partial charge >= 0.3 is 0 Å². The lowest BCUT2D eigenvalue weighted by Crippen LogP contribution is -2.32. The van der Waals surface area contributed by atoms with E-state index >= 15 is 0 Å². The van der Waals surface area contributed by atoms with Crippen molar-refractivity contribution in [2.45, 2.75) is 25.8 Å². The van der Waals surface area contributed by atoms with Crippen molar-refractivity contribution in [3.05, 3.63) is 27.5 Å². The third-order valence-electron chi connectivity index (χ3n) is 3.08. The maximum absolute atomic E-state index is 12.3. The fourth-order valence-electron chi connectivity index (χ4n) is 2.06. The number of hydrogen-bond donors (Lipinski definition) is 3. The van der Waals surface area contributed by atoms with Gasteiger partial charge in [-0.1, -0.05) is 22.0 Å². The molecule has 0 aliphatic heterocycles. The van der Waals surface area contributed by atoms with Crippen molar-refractivity contribution in [1.29, 1.82) is 0 Å². The molecule has 0 saturated carbocycles. The van der Waals surface area contributed by atoms with Crippen LogP contribution in [0.3, 0.4) is 0 Å². The van der Waals surface area contributed by atoms with E-state index in [0.717, 1.165) is 21.0 Å². The number of hydrogen-bond acceptors (Lipinski definition) is 4. The first-order valence-electron chi connectivity index (χ1n) is 6.42. The van der Waals surface area contributed by atoms with Crippen LogP contribution < -0.4 is 11.1 Å². The Morgan fingerprint density at radius 3 is 2.95 bits per heavy atom. The molecule has 1 heterocycles. The van der Waals surface area contributed by atoms with Crippen molar-refractivity contribution in [3.63, 3.8) is 0 Å². The molecule has 4 N–H and O–H groups in total. The second-order valence-corrected chi connectivity index (χ2v) is 6.60. The van der Waals surface area contributed by atoms with Gasteiger partial charge in [-0.15, -0.1) is 11.3 Å². The summed E-state index contributed by atoms with van der Waals surface area (Å²) < 4.78 is 1.89. The first kappa shape index (κ1) is 15.3. The third-order valence-corrected chi connectivity index (χ3v) is 4.91. The van der Waals surface area contributed by atoms with Crippen LogP contribution in [0.2, 0.25) is 0 Å². The number of benzene rings is 1. The van der Waals surface area contributed by atoms with Gasteiger partial charge in [-0.2, -0.15) is 0 Å². The largest absolute Gasteiger partial charge is 0.397 e. The van der Waals surface area contributed by atoms with E-state index in [9.17, 15) is 4.79 Å². The molecule has 1 aromatic heterocycles. The number of nitrogen functional groups attached to an aromatic ring is 1. The number of aliphatic hydroxyl groups is 1. The maximum atomic E-state index is 12.3. The van der Waals surface area contributed by atoms with Gasteiger partial charge in [0.25, 0.3) is 5.91 Å². The Balaban J connectivity index is 2.22. The van der Waals surface area contributed by atoms with E-state index in [1.165, 1.54) is 11.3 Å². The summed E-state index contributed by atoms with van der Waals surface area (Å²) in [7, 11) is 0. The van der Waals surface area contributed by atoms with E-state index in [4.69, 9.17) is 10.8 Å². The molecule has 2 rings (SSSR count). The van der Waals surface area contributed by atoms with Crippen LogP contribution in [0.4, 0.5) is 5.69 Å². The van der Waals surface area contributed by atoms with E-state index in [0.29, 0.717) is 17.0 Å². The summed E-state index contributed by atoms with van der Waals surface area (Å²) in [5, 5.41) is 12.6. The maximum Gasteiger partial charge on any atom is 0.263 e. The summed E-state index contributed by atoms with van der Waals surface area (Å²) >= 11 is 4.86. The molecule has 0 aliphatic rings. The Bertz CT molecular complexity index is 627. The van der Waals surface area contributed by atoms with Crippen molar-refractivity contribution in [3.8, 4) is 0 Å². The summed E-state index contributed by atoms with van der Waals surface area (Å²) in [5.41, 5.74) is 6.61. The van der Waals surface area contributed by atoms with Crippen LogP contribution in [0.15, 0.2) is 22.7 Å². The predicted octanol–water partition coefficient (Wildman–Crippen LogP) is 3.14. The number of thiophene rings is 1. The summed E-state index contributed by atoms with van der Waals surface area (Å²) in [6.45, 7) is 2.06. The molecular formula is C14H17BrN2O2S. The number of carbonyl (C=O) groups is 1. The fourth-order valence-corrected chi connectivity index (χ4v) is 3.82. The second-order valence-electron chi connectivity index (χ2n) is 4.70. The van der Waals surface area contributed by atoms with Gasteiger partial charge in [0.15, 0.2) is 0 Å². The van der Waals surface area contributed by atoms with Crippen LogP contribution in [0.5, 0.6) is 0 Å². The van der Waals surface area contributed by atoms with Gasteiger partial charge < -0.3 is 16.2 Å². The molecule has 20 heavy (non-hydrogen) atoms. The fraction of sp³-hybridized carbons (Fsp3) is 0.357. The van der Waals surface area contributed by atoms with Gasteiger partial charge in [0.05, 0.1) is 5.69 Å².